The quantitative estimate of drug-likeness (QED) is 0.583. The predicted octanol–water partition coefficient (Wildman–Crippen LogP) is 4.88. The number of rotatable bonds is 5. The Morgan fingerprint density at radius 2 is 1.75 bits per heavy atom. The van der Waals surface area contributed by atoms with Gasteiger partial charge in [0.2, 0.25) is 12.1 Å². The number of aryl methyl sites for hydroxylation is 1. The minimum absolute atomic E-state index is 0.165. The molecule has 0 bridgehead atoms. The highest BCUT2D eigenvalue weighted by Crippen LogP contribution is 2.27. The van der Waals surface area contributed by atoms with E-state index in [1.165, 1.54) is 4.90 Å². The fourth-order valence-electron chi connectivity index (χ4n) is 3.64. The van der Waals surface area contributed by atoms with E-state index in [1.807, 2.05) is 54.6 Å². The molecule has 0 aliphatic carbocycles. The molecule has 0 aromatic heterocycles. The number of likely N-dealkylation sites (N-methyl/N-ethyl adjacent to an activating group) is 1. The van der Waals surface area contributed by atoms with Gasteiger partial charge in [0.15, 0.2) is 0 Å². The third kappa shape index (κ3) is 4.69. The van der Waals surface area contributed by atoms with Crippen molar-refractivity contribution in [1.82, 2.24) is 5.32 Å². The standard InChI is InChI=1S/C25H21Cl2N3O2/c1-30-21-10-6-5-9-19(21)23(17-7-3-2-4-8-17)29-24(25(30)32)28-22(31)14-12-16-11-13-18(26)15-20(16)27/h2-11,13,15,24H,12,14H2,1H3,(H,28,31)/t24-/m1/s1. The van der Waals surface area contributed by atoms with Crippen LogP contribution in [0.25, 0.3) is 0 Å². The molecule has 1 heterocycles. The zero-order valence-electron chi connectivity index (χ0n) is 17.4. The van der Waals surface area contributed by atoms with Gasteiger partial charge >= 0.3 is 0 Å². The first-order valence-electron chi connectivity index (χ1n) is 10.2. The molecule has 0 unspecified atom stereocenters. The summed E-state index contributed by atoms with van der Waals surface area (Å²) in [6.07, 6.45) is -0.442. The number of nitrogens with zero attached hydrogens (tertiary/aromatic N) is 2. The second-order valence-corrected chi connectivity index (χ2v) is 8.31. The minimum atomic E-state index is -1.03. The van der Waals surface area contributed by atoms with E-state index in [0.717, 1.165) is 22.4 Å². The molecule has 162 valence electrons. The number of anilines is 1. The summed E-state index contributed by atoms with van der Waals surface area (Å²) < 4.78 is 0. The average Bonchev–Trinajstić information content (AvgIpc) is 2.90. The van der Waals surface area contributed by atoms with Crippen LogP contribution in [0.2, 0.25) is 10.0 Å². The van der Waals surface area contributed by atoms with E-state index in [0.29, 0.717) is 22.2 Å². The Hall–Kier alpha value is -3.15. The minimum Gasteiger partial charge on any atom is -0.327 e. The van der Waals surface area contributed by atoms with Crippen LogP contribution in [0.15, 0.2) is 77.8 Å². The van der Waals surface area contributed by atoms with Crippen molar-refractivity contribution in [2.24, 2.45) is 4.99 Å². The molecule has 4 rings (SSSR count). The lowest BCUT2D eigenvalue weighted by molar-refractivity contribution is -0.127. The highest BCUT2D eigenvalue weighted by molar-refractivity contribution is 6.35. The molecular formula is C25H21Cl2N3O2. The molecule has 0 fully saturated rings. The van der Waals surface area contributed by atoms with Gasteiger partial charge in [0, 0.05) is 34.6 Å². The van der Waals surface area contributed by atoms with Crippen molar-refractivity contribution in [3.63, 3.8) is 0 Å². The smallest absolute Gasteiger partial charge is 0.272 e. The molecule has 0 saturated heterocycles. The average molecular weight is 466 g/mol. The Labute approximate surface area is 196 Å². The van der Waals surface area contributed by atoms with Gasteiger partial charge in [-0.25, -0.2) is 4.99 Å². The molecule has 0 radical (unpaired) electrons. The number of aliphatic imine (C=N–C) groups is 1. The number of carbonyl (C=O) groups is 2. The number of halogens is 2. The first-order valence-corrected chi connectivity index (χ1v) is 10.9. The molecule has 1 aliphatic rings. The van der Waals surface area contributed by atoms with E-state index in [2.05, 4.69) is 5.32 Å². The van der Waals surface area contributed by atoms with Crippen molar-refractivity contribution in [3.05, 3.63) is 99.5 Å². The van der Waals surface area contributed by atoms with Crippen molar-refractivity contribution in [2.45, 2.75) is 19.0 Å². The molecule has 1 N–H and O–H groups in total. The van der Waals surface area contributed by atoms with Gasteiger partial charge in [-0.05, 0) is 30.2 Å². The first kappa shape index (κ1) is 22.1. The summed E-state index contributed by atoms with van der Waals surface area (Å²) in [7, 11) is 1.69. The summed E-state index contributed by atoms with van der Waals surface area (Å²) in [4.78, 5) is 32.1. The maximum Gasteiger partial charge on any atom is 0.272 e. The predicted molar refractivity (Wildman–Crippen MR) is 129 cm³/mol. The molecule has 7 heteroatoms. The van der Waals surface area contributed by atoms with Gasteiger partial charge in [-0.2, -0.15) is 0 Å². The Balaban J connectivity index is 1.60. The van der Waals surface area contributed by atoms with Crippen LogP contribution in [0.4, 0.5) is 5.69 Å². The maximum atomic E-state index is 13.2. The van der Waals surface area contributed by atoms with Gasteiger partial charge < -0.3 is 10.2 Å². The van der Waals surface area contributed by atoms with Gasteiger partial charge in [-0.1, -0.05) is 77.8 Å². The lowest BCUT2D eigenvalue weighted by Crippen LogP contribution is -2.46. The first-order chi connectivity index (χ1) is 15.4. The molecule has 3 aromatic rings. The SMILES string of the molecule is CN1C(=O)[C@H](NC(=O)CCc2ccc(Cl)cc2Cl)N=C(c2ccccc2)c2ccccc21. The maximum absolute atomic E-state index is 13.2. The number of carbonyl (C=O) groups excluding carboxylic acids is 2. The number of para-hydroxylation sites is 1. The van der Waals surface area contributed by atoms with E-state index >= 15 is 0 Å². The second kappa shape index (κ2) is 9.55. The van der Waals surface area contributed by atoms with E-state index in [9.17, 15) is 9.59 Å². The van der Waals surface area contributed by atoms with Gasteiger partial charge in [-0.15, -0.1) is 0 Å². The number of hydrogen-bond acceptors (Lipinski definition) is 3. The van der Waals surface area contributed by atoms with Crippen molar-refractivity contribution in [3.8, 4) is 0 Å². The third-order valence-electron chi connectivity index (χ3n) is 5.32. The van der Waals surface area contributed by atoms with E-state index < -0.39 is 6.17 Å². The normalized spacial score (nSPS) is 15.6. The van der Waals surface area contributed by atoms with Crippen LogP contribution in [0, 0.1) is 0 Å². The molecule has 2 amide bonds. The Bertz CT molecular complexity index is 1190. The Kier molecular flexibility index (Phi) is 6.58. The molecule has 1 aliphatic heterocycles. The monoisotopic (exact) mass is 465 g/mol. The van der Waals surface area contributed by atoms with Crippen molar-refractivity contribution in [2.75, 3.05) is 11.9 Å². The molecular weight excluding hydrogens is 445 g/mol. The number of benzene rings is 3. The number of hydrogen-bond donors (Lipinski definition) is 1. The Morgan fingerprint density at radius 1 is 1.03 bits per heavy atom. The summed E-state index contributed by atoms with van der Waals surface area (Å²) in [5.74, 6) is -0.592. The van der Waals surface area contributed by atoms with Crippen molar-refractivity contribution < 1.29 is 9.59 Å². The summed E-state index contributed by atoms with van der Waals surface area (Å²) >= 11 is 12.1. The van der Waals surface area contributed by atoms with Crippen molar-refractivity contribution >= 4 is 46.4 Å². The lowest BCUT2D eigenvalue weighted by Gasteiger charge is -2.20. The molecule has 0 spiro atoms. The van der Waals surface area contributed by atoms with Crippen LogP contribution < -0.4 is 10.2 Å². The summed E-state index contributed by atoms with van der Waals surface area (Å²) in [6, 6.07) is 22.4. The highest BCUT2D eigenvalue weighted by Gasteiger charge is 2.30. The Morgan fingerprint density at radius 3 is 2.50 bits per heavy atom. The second-order valence-electron chi connectivity index (χ2n) is 7.46. The van der Waals surface area contributed by atoms with Crippen LogP contribution in [-0.2, 0) is 16.0 Å². The van der Waals surface area contributed by atoms with Crippen LogP contribution in [0.3, 0.4) is 0 Å². The fraction of sp³-hybridized carbons (Fsp3) is 0.160. The number of nitrogens with one attached hydrogen (secondary N) is 1. The van der Waals surface area contributed by atoms with E-state index in [4.69, 9.17) is 28.2 Å². The molecule has 0 saturated carbocycles. The highest BCUT2D eigenvalue weighted by atomic mass is 35.5. The van der Waals surface area contributed by atoms with Gasteiger partial charge in [-0.3, -0.25) is 9.59 Å². The number of benzodiazepines with no additional fused rings is 1. The van der Waals surface area contributed by atoms with Crippen LogP contribution in [0.5, 0.6) is 0 Å². The number of amides is 2. The van der Waals surface area contributed by atoms with Crippen molar-refractivity contribution in [1.29, 1.82) is 0 Å². The molecule has 3 aromatic carbocycles. The zero-order valence-corrected chi connectivity index (χ0v) is 18.9. The van der Waals surface area contributed by atoms with Gasteiger partial charge in [0.05, 0.1) is 11.4 Å². The molecule has 5 nitrogen and oxygen atoms in total. The topological polar surface area (TPSA) is 61.8 Å². The largest absolute Gasteiger partial charge is 0.327 e. The third-order valence-corrected chi connectivity index (χ3v) is 5.91. The van der Waals surface area contributed by atoms with E-state index in [1.54, 1.807) is 25.2 Å². The van der Waals surface area contributed by atoms with E-state index in [-0.39, 0.29) is 18.2 Å². The molecule has 32 heavy (non-hydrogen) atoms. The van der Waals surface area contributed by atoms with Crippen LogP contribution in [-0.4, -0.2) is 30.7 Å². The summed E-state index contributed by atoms with van der Waals surface area (Å²) in [6.45, 7) is 0. The zero-order chi connectivity index (χ0) is 22.7. The van der Waals surface area contributed by atoms with Gasteiger partial charge in [0.25, 0.3) is 5.91 Å². The lowest BCUT2D eigenvalue weighted by atomic mass is 10.0. The summed E-state index contributed by atoms with van der Waals surface area (Å²) in [5.41, 5.74) is 3.92. The number of fused-ring (bicyclic) bond motifs is 1. The molecule has 1 atom stereocenters. The van der Waals surface area contributed by atoms with Gasteiger partial charge in [0.1, 0.15) is 0 Å². The fourth-order valence-corrected chi connectivity index (χ4v) is 4.14. The summed E-state index contributed by atoms with van der Waals surface area (Å²) in [5, 5.41) is 3.84. The van der Waals surface area contributed by atoms with Crippen LogP contribution >= 0.6 is 23.2 Å². The van der Waals surface area contributed by atoms with Crippen LogP contribution in [0.1, 0.15) is 23.1 Å².